The Hall–Kier alpha value is -4.99. The summed E-state index contributed by atoms with van der Waals surface area (Å²) in [6.07, 6.45) is 0. The highest BCUT2D eigenvalue weighted by atomic mass is 16.5. The maximum absolute atomic E-state index is 12.7. The number of hydrogen-bond donors (Lipinski definition) is 1. The highest BCUT2D eigenvalue weighted by molar-refractivity contribution is 6.05. The first-order chi connectivity index (χ1) is 17.4. The maximum Gasteiger partial charge on any atom is 0.349 e. The van der Waals surface area contributed by atoms with Crippen molar-refractivity contribution >= 4 is 22.6 Å². The number of rotatable bonds is 6. The third-order valence-corrected chi connectivity index (χ3v) is 5.38. The molecule has 36 heavy (non-hydrogen) atoms. The van der Waals surface area contributed by atoms with E-state index in [2.05, 4.69) is 20.6 Å². The van der Waals surface area contributed by atoms with Gasteiger partial charge in [0.05, 0.1) is 12.8 Å². The van der Waals surface area contributed by atoms with Gasteiger partial charge in [0, 0.05) is 22.8 Å². The third-order valence-electron chi connectivity index (χ3n) is 5.38. The van der Waals surface area contributed by atoms with Crippen LogP contribution in [-0.2, 0) is 0 Å². The molecule has 5 aromatic rings. The van der Waals surface area contributed by atoms with E-state index in [1.165, 1.54) is 13.2 Å². The number of carbonyl (C=O) groups excluding carboxylic acids is 1. The second kappa shape index (κ2) is 9.34. The number of fused-ring (bicyclic) bond motifs is 1. The second-order valence-electron chi connectivity index (χ2n) is 7.98. The van der Waals surface area contributed by atoms with Gasteiger partial charge in [-0.05, 0) is 62.4 Å². The van der Waals surface area contributed by atoms with E-state index in [-0.39, 0.29) is 11.1 Å². The van der Waals surface area contributed by atoms with Gasteiger partial charge in [0.1, 0.15) is 11.3 Å². The predicted molar refractivity (Wildman–Crippen MR) is 132 cm³/mol. The second-order valence-corrected chi connectivity index (χ2v) is 7.98. The zero-order valence-electron chi connectivity index (χ0n) is 19.7. The molecule has 0 unspecified atom stereocenters. The van der Waals surface area contributed by atoms with Crippen molar-refractivity contribution in [3.63, 3.8) is 0 Å². The molecule has 0 aliphatic rings. The molecular weight excluding hydrogens is 462 g/mol. The van der Waals surface area contributed by atoms with Gasteiger partial charge < -0.3 is 19.2 Å². The van der Waals surface area contributed by atoms with E-state index in [1.54, 1.807) is 59.3 Å². The third kappa shape index (κ3) is 4.51. The van der Waals surface area contributed by atoms with Crippen LogP contribution in [0.15, 0.2) is 75.9 Å². The number of ether oxygens (including phenoxy) is 2. The van der Waals surface area contributed by atoms with Gasteiger partial charge in [-0.25, -0.2) is 9.48 Å². The Kier molecular flexibility index (Phi) is 5.91. The van der Waals surface area contributed by atoms with Crippen LogP contribution >= 0.6 is 0 Å². The summed E-state index contributed by atoms with van der Waals surface area (Å²) in [6, 6.07) is 18.7. The van der Waals surface area contributed by atoms with Crippen LogP contribution in [0.4, 0.5) is 5.69 Å². The van der Waals surface area contributed by atoms with Crippen LogP contribution in [0.25, 0.3) is 16.8 Å². The van der Waals surface area contributed by atoms with Gasteiger partial charge in [0.2, 0.25) is 5.88 Å². The molecule has 1 N–H and O–H groups in total. The minimum absolute atomic E-state index is 0.117. The molecule has 3 heterocycles. The summed E-state index contributed by atoms with van der Waals surface area (Å²) in [5.74, 6) is 1.22. The summed E-state index contributed by atoms with van der Waals surface area (Å²) >= 11 is 0. The zero-order chi connectivity index (χ0) is 25.2. The first-order valence-electron chi connectivity index (χ1n) is 11.0. The molecule has 1 amide bonds. The van der Waals surface area contributed by atoms with Gasteiger partial charge in [-0.3, -0.25) is 4.79 Å². The Bertz CT molecular complexity index is 1620. The molecule has 0 atom stereocenters. The molecule has 0 aliphatic carbocycles. The Morgan fingerprint density at radius 2 is 1.81 bits per heavy atom. The topological polar surface area (TPSA) is 121 Å². The minimum Gasteiger partial charge on any atom is -0.493 e. The lowest BCUT2D eigenvalue weighted by molar-refractivity contribution is 0.102. The van der Waals surface area contributed by atoms with E-state index in [0.29, 0.717) is 34.3 Å². The summed E-state index contributed by atoms with van der Waals surface area (Å²) in [6.45, 7) is 3.85. The molecule has 0 spiro atoms. The molecule has 10 heteroatoms. The van der Waals surface area contributed by atoms with Crippen molar-refractivity contribution in [2.24, 2.45) is 0 Å². The van der Waals surface area contributed by atoms with Crippen molar-refractivity contribution in [2.45, 2.75) is 13.8 Å². The molecular formula is C26H21N5O5. The van der Waals surface area contributed by atoms with Crippen LogP contribution in [0.1, 0.15) is 21.7 Å². The zero-order valence-corrected chi connectivity index (χ0v) is 19.7. The smallest absolute Gasteiger partial charge is 0.349 e. The summed E-state index contributed by atoms with van der Waals surface area (Å²) in [5, 5.41) is 15.9. The Morgan fingerprint density at radius 3 is 2.47 bits per heavy atom. The highest BCUT2D eigenvalue weighted by Gasteiger charge is 2.16. The van der Waals surface area contributed by atoms with E-state index < -0.39 is 11.5 Å². The lowest BCUT2D eigenvalue weighted by Crippen LogP contribution is -2.20. The van der Waals surface area contributed by atoms with Crippen LogP contribution < -0.4 is 20.4 Å². The number of nitrogens with zero attached hydrogens (tertiary/aromatic N) is 4. The van der Waals surface area contributed by atoms with E-state index in [4.69, 9.17) is 13.9 Å². The highest BCUT2D eigenvalue weighted by Crippen LogP contribution is 2.25. The SMILES string of the molecule is COc1cccc2cc(C(=O)Nc3ccc(Oc4ccc(-n5nc(C)cc5C)nn4)cc3)c(=O)oc12. The van der Waals surface area contributed by atoms with Crippen LogP contribution in [0.5, 0.6) is 17.4 Å². The molecule has 0 fully saturated rings. The monoisotopic (exact) mass is 483 g/mol. The largest absolute Gasteiger partial charge is 0.493 e. The number of carbonyl (C=O) groups is 1. The summed E-state index contributed by atoms with van der Waals surface area (Å²) < 4.78 is 18.0. The van der Waals surface area contributed by atoms with Crippen LogP contribution in [0.3, 0.4) is 0 Å². The van der Waals surface area contributed by atoms with Crippen molar-refractivity contribution < 1.29 is 18.7 Å². The molecule has 0 saturated carbocycles. The lowest BCUT2D eigenvalue weighted by Gasteiger charge is -2.09. The number of hydrogen-bond acceptors (Lipinski definition) is 8. The Morgan fingerprint density at radius 1 is 1.00 bits per heavy atom. The van der Waals surface area contributed by atoms with E-state index in [9.17, 15) is 9.59 Å². The van der Waals surface area contributed by atoms with E-state index in [1.807, 2.05) is 19.9 Å². The number of aromatic nitrogens is 4. The number of benzene rings is 2. The quantitative estimate of drug-likeness (QED) is 0.352. The number of amides is 1. The van der Waals surface area contributed by atoms with Crippen LogP contribution in [-0.4, -0.2) is 33.0 Å². The van der Waals surface area contributed by atoms with Crippen molar-refractivity contribution in [1.82, 2.24) is 20.0 Å². The fourth-order valence-corrected chi connectivity index (χ4v) is 3.70. The fraction of sp³-hybridized carbons (Fsp3) is 0.115. The van der Waals surface area contributed by atoms with Gasteiger partial charge in [0.25, 0.3) is 5.91 Å². The van der Waals surface area contributed by atoms with Gasteiger partial charge in [-0.15, -0.1) is 10.2 Å². The summed E-state index contributed by atoms with van der Waals surface area (Å²) in [4.78, 5) is 25.1. The summed E-state index contributed by atoms with van der Waals surface area (Å²) in [7, 11) is 1.48. The first kappa shape index (κ1) is 22.8. The van der Waals surface area contributed by atoms with Gasteiger partial charge in [-0.2, -0.15) is 5.10 Å². The average molecular weight is 483 g/mol. The van der Waals surface area contributed by atoms with Crippen LogP contribution in [0.2, 0.25) is 0 Å². The molecule has 2 aromatic carbocycles. The number of nitrogens with one attached hydrogen (secondary N) is 1. The van der Waals surface area contributed by atoms with E-state index >= 15 is 0 Å². The van der Waals surface area contributed by atoms with Gasteiger partial charge in [0.15, 0.2) is 17.2 Å². The molecule has 0 saturated heterocycles. The Balaban J connectivity index is 1.28. The van der Waals surface area contributed by atoms with Gasteiger partial charge in [-0.1, -0.05) is 12.1 Å². The van der Waals surface area contributed by atoms with Crippen molar-refractivity contribution in [3.8, 4) is 23.2 Å². The van der Waals surface area contributed by atoms with Crippen LogP contribution in [0, 0.1) is 13.8 Å². The first-order valence-corrected chi connectivity index (χ1v) is 11.0. The van der Waals surface area contributed by atoms with E-state index in [0.717, 1.165) is 11.4 Å². The molecule has 3 aromatic heterocycles. The Labute approximate surface area is 205 Å². The predicted octanol–water partition coefficient (Wildman–Crippen LogP) is 4.44. The standard InChI is InChI=1S/C26H21N5O5/c1-15-13-16(2)31(30-15)22-11-12-23(29-28-22)35-19-9-7-18(8-10-19)27-25(32)20-14-17-5-4-6-21(34-3)24(17)36-26(20)33/h4-14H,1-3H3,(H,27,32). The molecule has 0 bridgehead atoms. The molecule has 10 nitrogen and oxygen atoms in total. The minimum atomic E-state index is -0.757. The van der Waals surface area contributed by atoms with Crippen molar-refractivity contribution in [2.75, 3.05) is 12.4 Å². The lowest BCUT2D eigenvalue weighted by atomic mass is 10.1. The molecule has 5 rings (SSSR count). The number of aryl methyl sites for hydroxylation is 2. The van der Waals surface area contributed by atoms with Gasteiger partial charge >= 0.3 is 5.63 Å². The fourth-order valence-electron chi connectivity index (χ4n) is 3.70. The van der Waals surface area contributed by atoms with Crippen molar-refractivity contribution in [1.29, 1.82) is 0 Å². The average Bonchev–Trinajstić information content (AvgIpc) is 3.22. The molecule has 0 radical (unpaired) electrons. The van der Waals surface area contributed by atoms with Crippen molar-refractivity contribution in [3.05, 3.63) is 94.1 Å². The summed E-state index contributed by atoms with van der Waals surface area (Å²) in [5.41, 5.74) is 1.73. The normalized spacial score (nSPS) is 10.9. The number of anilines is 1. The molecule has 180 valence electrons. The maximum atomic E-state index is 12.7. The number of para-hydroxylation sites is 1. The number of methoxy groups -OCH3 is 1. The molecule has 0 aliphatic heterocycles.